The molecule has 7 heteroatoms. The van der Waals surface area contributed by atoms with Crippen LogP contribution >= 0.6 is 0 Å². The van der Waals surface area contributed by atoms with Crippen LogP contribution in [0.25, 0.3) is 128 Å². The Morgan fingerprint density at radius 2 is 0.812 bits per heavy atom. The van der Waals surface area contributed by atoms with Crippen LogP contribution in [0.2, 0.25) is 0 Å². The molecular weight excluding hydrogens is 1220 g/mol. The van der Waals surface area contributed by atoms with Crippen molar-refractivity contribution in [2.75, 3.05) is 0 Å². The minimum Gasteiger partial charge on any atom is -0.256 e. The first-order valence-corrected chi connectivity index (χ1v) is 29.6. The zero-order valence-corrected chi connectivity index (χ0v) is 48.6. The van der Waals surface area contributed by atoms with Gasteiger partial charge in [0, 0.05) is 18.0 Å². The van der Waals surface area contributed by atoms with E-state index < -0.39 is 0 Å². The van der Waals surface area contributed by atoms with Crippen LogP contribution in [-0.2, 0) is 19.4 Å². The molecule has 0 amide bonds. The van der Waals surface area contributed by atoms with Gasteiger partial charge in [-0.25, -0.2) is 0 Å². The molecule has 0 unspecified atom stereocenters. The quantitative estimate of drug-likeness (QED) is 0.122. The summed E-state index contributed by atoms with van der Waals surface area (Å²) in [6, 6.07) is 104. The summed E-state index contributed by atoms with van der Waals surface area (Å²) >= 11 is 2.55. The molecule has 6 nitrogen and oxygen atoms in total. The third kappa shape index (κ3) is 9.63. The van der Waals surface area contributed by atoms with E-state index in [1.807, 2.05) is 36.7 Å². The molecule has 0 radical (unpaired) electrons. The molecule has 11 aromatic carbocycles. The van der Waals surface area contributed by atoms with Crippen LogP contribution in [0.1, 0.15) is 5.56 Å². The molecule has 15 rings (SSSR count). The van der Waals surface area contributed by atoms with Crippen molar-refractivity contribution < 1.29 is 24.1 Å². The van der Waals surface area contributed by atoms with Gasteiger partial charge in [-0.2, -0.15) is 0 Å². The molecule has 406 valence electrons. The van der Waals surface area contributed by atoms with Crippen LogP contribution in [-0.4, -0.2) is 23.7 Å². The van der Waals surface area contributed by atoms with Crippen molar-refractivity contribution in [2.45, 2.75) is 6.92 Å². The van der Waals surface area contributed by atoms with E-state index in [-0.39, 0.29) is 0 Å². The molecule has 0 aliphatic carbocycles. The minimum absolute atomic E-state index is 0.715. The van der Waals surface area contributed by atoms with Gasteiger partial charge in [0.15, 0.2) is 0 Å². The van der Waals surface area contributed by atoms with E-state index in [9.17, 15) is 0 Å². The summed E-state index contributed by atoms with van der Waals surface area (Å²) < 4.78 is 15.0. The first kappa shape index (κ1) is 51.4. The van der Waals surface area contributed by atoms with Gasteiger partial charge in [-0.05, 0) is 24.6 Å². The van der Waals surface area contributed by atoms with E-state index >= 15 is 0 Å². The number of aromatic nitrogens is 5. The molecule has 0 aliphatic rings. The van der Waals surface area contributed by atoms with Crippen LogP contribution < -0.4 is 4.74 Å². The molecule has 0 saturated carbocycles. The van der Waals surface area contributed by atoms with E-state index in [1.54, 1.807) is 0 Å². The molecule has 0 N–H and O–H groups in total. The van der Waals surface area contributed by atoms with Crippen LogP contribution in [0, 0.1) is 10.7 Å². The molecule has 4 heterocycles. The Balaban J connectivity index is 0.907. The molecule has 0 fully saturated rings. The second kappa shape index (κ2) is 22.0. The Labute approximate surface area is 503 Å². The summed E-state index contributed by atoms with van der Waals surface area (Å²) in [5.41, 5.74) is 22.9. The number of rotatable bonds is 12. The number of benzene rings is 11. The number of aryl methyl sites for hydroxylation is 1. The zero-order chi connectivity index (χ0) is 56.8. The Morgan fingerprint density at radius 3 is 1.36 bits per heavy atom. The van der Waals surface area contributed by atoms with Crippen molar-refractivity contribution in [3.8, 4) is 107 Å². The number of imidazole rings is 1. The second-order valence-electron chi connectivity index (χ2n) is 21.4. The fourth-order valence-electron chi connectivity index (χ4n) is 12.1. The number of hydrogen-bond acceptors (Lipinski definition) is 3. The van der Waals surface area contributed by atoms with Crippen LogP contribution in [0.4, 0.5) is 0 Å². The second-order valence-corrected chi connectivity index (χ2v) is 22.4. The van der Waals surface area contributed by atoms with Gasteiger partial charge in [-0.1, -0.05) is 18.2 Å². The number of nitrogens with zero attached hydrogens (tertiary/aromatic N) is 5. The van der Waals surface area contributed by atoms with Crippen molar-refractivity contribution in [2.24, 2.45) is 0 Å². The molecule has 0 bridgehead atoms. The Hall–Kier alpha value is -10.5. The predicted molar refractivity (Wildman–Crippen MR) is 345 cm³/mol. The predicted octanol–water partition coefficient (Wildman–Crippen LogP) is 20.2. The topological polar surface area (TPSA) is 49.8 Å². The minimum atomic E-state index is 0.715. The van der Waals surface area contributed by atoms with Crippen molar-refractivity contribution in [1.82, 2.24) is 23.7 Å². The number of fused-ring (bicyclic) bond motifs is 4. The molecule has 15 aromatic rings. The van der Waals surface area contributed by atoms with Crippen molar-refractivity contribution >= 4 is 32.8 Å². The number of hydrogen-bond donors (Lipinski definition) is 0. The third-order valence-electron chi connectivity index (χ3n) is 16.1. The van der Waals surface area contributed by atoms with Gasteiger partial charge in [-0.15, -0.1) is 0 Å². The van der Waals surface area contributed by atoms with Crippen molar-refractivity contribution in [3.05, 3.63) is 313 Å². The molecule has 0 spiro atoms. The van der Waals surface area contributed by atoms with E-state index in [0.717, 1.165) is 143 Å². The zero-order valence-electron chi connectivity index (χ0n) is 46.3. The number of para-hydroxylation sites is 4. The monoisotopic (exact) mass is 1270 g/mol. The fourth-order valence-corrected chi connectivity index (χ4v) is 13.2. The fraction of sp³-hybridized carbons (Fsp3) is 0.0128. The van der Waals surface area contributed by atoms with E-state index in [0.29, 0.717) is 5.75 Å². The molecule has 4 aromatic heterocycles. The van der Waals surface area contributed by atoms with Gasteiger partial charge in [0.05, 0.1) is 5.69 Å². The Bertz CT molecular complexity index is 4790. The normalized spacial score (nSPS) is 11.4. The molecule has 0 atom stereocenters. The average Bonchev–Trinajstić information content (AvgIpc) is 2.39. The third-order valence-corrected chi connectivity index (χ3v) is 17.1. The van der Waals surface area contributed by atoms with E-state index in [1.165, 1.54) is 0 Å². The number of pyridine rings is 2. The summed E-state index contributed by atoms with van der Waals surface area (Å²) in [5.74, 6) is 2.26. The van der Waals surface area contributed by atoms with Gasteiger partial charge in [-0.3, -0.25) is 4.98 Å². The first-order valence-electron chi connectivity index (χ1n) is 28.5. The van der Waals surface area contributed by atoms with Crippen LogP contribution in [0.5, 0.6) is 11.5 Å². The standard InChI is InChI=1S/C78H53N5O.Pt/c1-53-42-77(80-51-71(53)72-35-18-19-41-79-72)83-73-36-15-14-32-69(73)70-40-39-66(50-76(70)83)84-65-31-20-30-64(49-65)81-52-82(75-38-17-16-37-74(75)81)78-67(62-45-58(54-22-6-2-7-23-54)43-59(46-62)55-24-8-3-9-25-55)33-21-34-68(78)63-47-60(56-26-10-4-11-27-56)44-61(48-63)57-28-12-5-13-29-57;/h2-51H,1H3;. The molecule has 0 aliphatic heterocycles. The maximum atomic E-state index is 6.96. The van der Waals surface area contributed by atoms with Crippen LogP contribution in [0.15, 0.2) is 304 Å². The SMILES string of the molecule is Cc1cc(-n2c3ccccc3c3ccc(Oc4cccc(-n5[c](=[Pt])n(-c6c(-c7cc(-c8ccccc8)cc(-c8ccccc8)c7)cccc6-c6cc(-c7ccccc7)cc(-c7ccccc7)c6)c6ccccc65)c4)cc32)ncc1-c1ccccn1. The maximum absolute atomic E-state index is 6.96. The molecule has 0 saturated heterocycles. The summed E-state index contributed by atoms with van der Waals surface area (Å²) in [4.78, 5) is 9.68. The number of ether oxygens (including phenoxy) is 1. The van der Waals surface area contributed by atoms with Gasteiger partial charge in [0.2, 0.25) is 0 Å². The average molecular weight is 1270 g/mol. The summed E-state index contributed by atoms with van der Waals surface area (Å²) in [6.45, 7) is 2.12. The molecule has 85 heavy (non-hydrogen) atoms. The Kier molecular flexibility index (Phi) is 13.3. The summed E-state index contributed by atoms with van der Waals surface area (Å²) in [6.07, 6.45) is 3.76. The Morgan fingerprint density at radius 1 is 0.329 bits per heavy atom. The van der Waals surface area contributed by atoms with Crippen molar-refractivity contribution in [3.63, 3.8) is 0 Å². The van der Waals surface area contributed by atoms with Gasteiger partial charge < -0.3 is 0 Å². The van der Waals surface area contributed by atoms with E-state index in [2.05, 4.69) is 312 Å². The van der Waals surface area contributed by atoms with Gasteiger partial charge in [0.1, 0.15) is 0 Å². The summed E-state index contributed by atoms with van der Waals surface area (Å²) in [7, 11) is 0. The first-order chi connectivity index (χ1) is 42.0. The van der Waals surface area contributed by atoms with Gasteiger partial charge in [0.25, 0.3) is 0 Å². The molecular formula is C78H53N5OPt. The van der Waals surface area contributed by atoms with Crippen molar-refractivity contribution in [1.29, 1.82) is 0 Å². The van der Waals surface area contributed by atoms with E-state index in [4.69, 9.17) is 9.72 Å². The smallest absolute Gasteiger partial charge is 0.256 e. The van der Waals surface area contributed by atoms with Crippen LogP contribution in [0.3, 0.4) is 0 Å². The van der Waals surface area contributed by atoms with Gasteiger partial charge >= 0.3 is 436 Å². The summed E-state index contributed by atoms with van der Waals surface area (Å²) in [5, 5.41) is 2.27.